The maximum atomic E-state index is 6.17. The third-order valence-electron chi connectivity index (χ3n) is 3.76. The summed E-state index contributed by atoms with van der Waals surface area (Å²) in [7, 11) is 0. The minimum atomic E-state index is 0.350. The first kappa shape index (κ1) is 12.9. The van der Waals surface area contributed by atoms with Crippen molar-refractivity contribution in [3.05, 3.63) is 0 Å². The Morgan fingerprint density at radius 3 is 2.07 bits per heavy atom. The summed E-state index contributed by atoms with van der Waals surface area (Å²) in [5, 5.41) is 0. The van der Waals surface area contributed by atoms with Crippen LogP contribution in [-0.4, -0.2) is 55.1 Å². The van der Waals surface area contributed by atoms with Crippen molar-refractivity contribution in [3.63, 3.8) is 0 Å². The number of rotatable bonds is 5. The molecule has 1 fully saturated rings. The lowest BCUT2D eigenvalue weighted by atomic mass is 9.99. The number of likely N-dealkylation sites (N-methyl/N-ethyl adjacent to an activating group) is 1. The second-order valence-electron chi connectivity index (χ2n) is 4.78. The largest absolute Gasteiger partial charge is 0.326 e. The van der Waals surface area contributed by atoms with E-state index in [4.69, 9.17) is 5.73 Å². The molecule has 2 N–H and O–H groups in total. The van der Waals surface area contributed by atoms with Gasteiger partial charge < -0.3 is 10.6 Å². The monoisotopic (exact) mass is 213 g/mol. The Morgan fingerprint density at radius 2 is 1.60 bits per heavy atom. The lowest BCUT2D eigenvalue weighted by molar-refractivity contribution is 0.125. The normalized spacial score (nSPS) is 24.0. The van der Waals surface area contributed by atoms with Gasteiger partial charge in [-0.2, -0.15) is 0 Å². The highest BCUT2D eigenvalue weighted by atomic mass is 15.3. The first-order valence-electron chi connectivity index (χ1n) is 6.37. The number of piperazine rings is 1. The molecule has 0 spiro atoms. The van der Waals surface area contributed by atoms with Crippen molar-refractivity contribution >= 4 is 0 Å². The smallest absolute Gasteiger partial charge is 0.0193 e. The van der Waals surface area contributed by atoms with Gasteiger partial charge in [0.2, 0.25) is 0 Å². The SMILES string of the molecule is CCC(C)[C@H](N)CN1CCN(CC)CC1. The molecule has 1 rings (SSSR count). The highest BCUT2D eigenvalue weighted by Crippen LogP contribution is 2.08. The summed E-state index contributed by atoms with van der Waals surface area (Å²) in [6.45, 7) is 13.8. The summed E-state index contributed by atoms with van der Waals surface area (Å²) < 4.78 is 0. The maximum absolute atomic E-state index is 6.17. The summed E-state index contributed by atoms with van der Waals surface area (Å²) in [5.74, 6) is 0.647. The van der Waals surface area contributed by atoms with Crippen LogP contribution in [0, 0.1) is 5.92 Å². The van der Waals surface area contributed by atoms with E-state index >= 15 is 0 Å². The van der Waals surface area contributed by atoms with Gasteiger partial charge in [-0.1, -0.05) is 27.2 Å². The van der Waals surface area contributed by atoms with Gasteiger partial charge >= 0.3 is 0 Å². The standard InChI is InChI=1S/C12H27N3/c1-4-11(3)12(13)10-15-8-6-14(5-2)7-9-15/h11-12H,4-10,13H2,1-3H3/t11?,12-/m1/s1. The molecule has 90 valence electrons. The average molecular weight is 213 g/mol. The van der Waals surface area contributed by atoms with E-state index in [1.54, 1.807) is 0 Å². The van der Waals surface area contributed by atoms with E-state index in [1.807, 2.05) is 0 Å². The van der Waals surface area contributed by atoms with Gasteiger partial charge in [0.15, 0.2) is 0 Å². The van der Waals surface area contributed by atoms with Crippen LogP contribution in [-0.2, 0) is 0 Å². The highest BCUT2D eigenvalue weighted by Gasteiger charge is 2.19. The Labute approximate surface area is 94.6 Å². The summed E-state index contributed by atoms with van der Waals surface area (Å²) in [4.78, 5) is 5.02. The Hall–Kier alpha value is -0.120. The minimum Gasteiger partial charge on any atom is -0.326 e. The predicted molar refractivity (Wildman–Crippen MR) is 66.0 cm³/mol. The van der Waals surface area contributed by atoms with Crippen molar-refractivity contribution in [2.24, 2.45) is 11.7 Å². The van der Waals surface area contributed by atoms with Crippen molar-refractivity contribution in [1.29, 1.82) is 0 Å². The molecular formula is C12H27N3. The molecule has 1 aliphatic heterocycles. The second kappa shape index (κ2) is 6.46. The zero-order chi connectivity index (χ0) is 11.3. The van der Waals surface area contributed by atoms with Crippen LogP contribution in [0.3, 0.4) is 0 Å². The molecule has 0 radical (unpaired) electrons. The molecule has 3 heteroatoms. The summed E-state index contributed by atoms with van der Waals surface area (Å²) in [6.07, 6.45) is 1.19. The van der Waals surface area contributed by atoms with Crippen molar-refractivity contribution in [3.8, 4) is 0 Å². The van der Waals surface area contributed by atoms with Crippen molar-refractivity contribution in [2.75, 3.05) is 39.3 Å². The van der Waals surface area contributed by atoms with Gasteiger partial charge in [0.1, 0.15) is 0 Å². The van der Waals surface area contributed by atoms with Crippen LogP contribution in [0.5, 0.6) is 0 Å². The molecule has 2 atom stereocenters. The zero-order valence-corrected chi connectivity index (χ0v) is 10.6. The molecule has 0 aromatic rings. The number of hydrogen-bond acceptors (Lipinski definition) is 3. The lowest BCUT2D eigenvalue weighted by Gasteiger charge is -2.36. The number of nitrogens with two attached hydrogens (primary N) is 1. The van der Waals surface area contributed by atoms with E-state index in [-0.39, 0.29) is 0 Å². The quantitative estimate of drug-likeness (QED) is 0.739. The molecular weight excluding hydrogens is 186 g/mol. The van der Waals surface area contributed by atoms with Crippen LogP contribution >= 0.6 is 0 Å². The molecule has 0 aromatic heterocycles. The van der Waals surface area contributed by atoms with Crippen molar-refractivity contribution in [2.45, 2.75) is 33.2 Å². The highest BCUT2D eigenvalue weighted by molar-refractivity contribution is 4.77. The molecule has 0 aliphatic carbocycles. The van der Waals surface area contributed by atoms with Gasteiger partial charge in [0.25, 0.3) is 0 Å². The molecule has 1 saturated heterocycles. The fraction of sp³-hybridized carbons (Fsp3) is 1.00. The van der Waals surface area contributed by atoms with Gasteiger partial charge in [-0.25, -0.2) is 0 Å². The number of nitrogens with zero attached hydrogens (tertiary/aromatic N) is 2. The molecule has 0 amide bonds. The second-order valence-corrected chi connectivity index (χ2v) is 4.78. The molecule has 1 aliphatic rings. The first-order valence-corrected chi connectivity index (χ1v) is 6.37. The molecule has 1 heterocycles. The molecule has 3 nitrogen and oxygen atoms in total. The van der Waals surface area contributed by atoms with E-state index in [0.717, 1.165) is 6.54 Å². The molecule has 15 heavy (non-hydrogen) atoms. The van der Waals surface area contributed by atoms with Crippen LogP contribution in [0.15, 0.2) is 0 Å². The van der Waals surface area contributed by atoms with E-state index in [1.165, 1.54) is 39.1 Å². The van der Waals surface area contributed by atoms with E-state index < -0.39 is 0 Å². The molecule has 0 bridgehead atoms. The van der Waals surface area contributed by atoms with Crippen LogP contribution in [0.2, 0.25) is 0 Å². The van der Waals surface area contributed by atoms with Gasteiger partial charge in [-0.3, -0.25) is 4.90 Å². The molecule has 1 unspecified atom stereocenters. The van der Waals surface area contributed by atoms with Gasteiger partial charge in [-0.05, 0) is 12.5 Å². The fourth-order valence-corrected chi connectivity index (χ4v) is 2.07. The summed E-state index contributed by atoms with van der Waals surface area (Å²) in [6, 6.07) is 0.350. The van der Waals surface area contributed by atoms with Gasteiger partial charge in [-0.15, -0.1) is 0 Å². The summed E-state index contributed by atoms with van der Waals surface area (Å²) >= 11 is 0. The van der Waals surface area contributed by atoms with Crippen LogP contribution in [0.4, 0.5) is 0 Å². The van der Waals surface area contributed by atoms with Gasteiger partial charge in [0.05, 0.1) is 0 Å². The Kier molecular flexibility index (Phi) is 5.58. The Morgan fingerprint density at radius 1 is 1.07 bits per heavy atom. The third kappa shape index (κ3) is 4.09. The van der Waals surface area contributed by atoms with Crippen LogP contribution in [0.1, 0.15) is 27.2 Å². The first-order chi connectivity index (χ1) is 7.17. The lowest BCUT2D eigenvalue weighted by Crippen LogP contribution is -2.50. The average Bonchev–Trinajstić information content (AvgIpc) is 2.29. The molecule has 0 aromatic carbocycles. The topological polar surface area (TPSA) is 32.5 Å². The van der Waals surface area contributed by atoms with Gasteiger partial charge in [0, 0.05) is 38.8 Å². The van der Waals surface area contributed by atoms with E-state index in [2.05, 4.69) is 30.6 Å². The van der Waals surface area contributed by atoms with Crippen LogP contribution < -0.4 is 5.73 Å². The predicted octanol–water partition coefficient (Wildman–Crippen LogP) is 0.997. The van der Waals surface area contributed by atoms with Crippen molar-refractivity contribution < 1.29 is 0 Å². The number of hydrogen-bond donors (Lipinski definition) is 1. The van der Waals surface area contributed by atoms with Crippen molar-refractivity contribution in [1.82, 2.24) is 9.80 Å². The molecule has 0 saturated carbocycles. The van der Waals surface area contributed by atoms with E-state index in [0.29, 0.717) is 12.0 Å². The van der Waals surface area contributed by atoms with E-state index in [9.17, 15) is 0 Å². The fourth-order valence-electron chi connectivity index (χ4n) is 2.07. The maximum Gasteiger partial charge on any atom is 0.0193 e. The Bertz CT molecular complexity index is 164. The minimum absolute atomic E-state index is 0.350. The van der Waals surface area contributed by atoms with Crippen LogP contribution in [0.25, 0.3) is 0 Å². The Balaban J connectivity index is 2.23. The summed E-state index contributed by atoms with van der Waals surface area (Å²) in [5.41, 5.74) is 6.17. The zero-order valence-electron chi connectivity index (χ0n) is 10.6. The third-order valence-corrected chi connectivity index (χ3v) is 3.76.